The van der Waals surface area contributed by atoms with Crippen LogP contribution in [0.5, 0.6) is 0 Å². The van der Waals surface area contributed by atoms with Crippen LogP contribution in [0.1, 0.15) is 120 Å². The Morgan fingerprint density at radius 1 is 0.714 bits per heavy atom. The summed E-state index contributed by atoms with van der Waals surface area (Å²) >= 11 is 0. The van der Waals surface area contributed by atoms with Crippen molar-refractivity contribution in [2.24, 2.45) is 23.7 Å². The fourth-order valence-corrected chi connectivity index (χ4v) is 7.50. The van der Waals surface area contributed by atoms with E-state index < -0.39 is 53.7 Å². The molecule has 4 rings (SSSR count). The number of hydrogen-bond acceptors (Lipinski definition) is 2. The lowest BCUT2D eigenvalue weighted by Crippen LogP contribution is -2.39. The largest absolute Gasteiger partial charge is 0.527 e. The van der Waals surface area contributed by atoms with E-state index in [1.165, 1.54) is 44.9 Å². The predicted molar refractivity (Wildman–Crippen MR) is 139 cm³/mol. The van der Waals surface area contributed by atoms with Gasteiger partial charge in [-0.05, 0) is 106 Å². The van der Waals surface area contributed by atoms with E-state index in [1.54, 1.807) is 0 Å². The molecule has 0 radical (unpaired) electrons. The molecule has 240 valence electrons. The van der Waals surface area contributed by atoms with Crippen LogP contribution in [-0.2, 0) is 15.6 Å². The summed E-state index contributed by atoms with van der Waals surface area (Å²) in [6, 6.07) is 1.12. The van der Waals surface area contributed by atoms with Gasteiger partial charge in [-0.15, -0.1) is 13.2 Å². The molecule has 3 aliphatic rings. The number of hydrogen-bond donors (Lipinski definition) is 0. The van der Waals surface area contributed by atoms with E-state index in [0.29, 0.717) is 36.8 Å². The zero-order valence-electron chi connectivity index (χ0n) is 23.9. The van der Waals surface area contributed by atoms with E-state index in [9.17, 15) is 30.7 Å². The zero-order chi connectivity index (χ0) is 30.7. The smallest absolute Gasteiger partial charge is 0.317 e. The van der Waals surface area contributed by atoms with Crippen molar-refractivity contribution < 1.29 is 49.0 Å². The molecule has 0 amide bonds. The third-order valence-corrected chi connectivity index (χ3v) is 9.84. The van der Waals surface area contributed by atoms with E-state index in [2.05, 4.69) is 11.7 Å². The lowest BCUT2D eigenvalue weighted by molar-refractivity contribution is -0.432. The second-order valence-corrected chi connectivity index (χ2v) is 12.6. The van der Waals surface area contributed by atoms with Crippen molar-refractivity contribution in [1.29, 1.82) is 0 Å². The molecule has 3 saturated carbocycles. The lowest BCUT2D eigenvalue weighted by Gasteiger charge is -2.40. The molecule has 0 saturated heterocycles. The second-order valence-electron chi connectivity index (χ2n) is 12.6. The zero-order valence-corrected chi connectivity index (χ0v) is 23.9. The van der Waals surface area contributed by atoms with Gasteiger partial charge in [0.1, 0.15) is 17.2 Å². The highest BCUT2D eigenvalue weighted by atomic mass is 19.4. The summed E-state index contributed by atoms with van der Waals surface area (Å²) in [6.07, 6.45) is -3.30. The molecule has 0 unspecified atom stereocenters. The molecule has 0 spiro atoms. The summed E-state index contributed by atoms with van der Waals surface area (Å²) in [7, 11) is 0. The maximum atomic E-state index is 15.1. The second kappa shape index (κ2) is 13.7. The van der Waals surface area contributed by atoms with Gasteiger partial charge in [0.2, 0.25) is 0 Å². The number of alkyl halides is 7. The first-order chi connectivity index (χ1) is 19.7. The minimum atomic E-state index is -5.81. The predicted octanol–water partition coefficient (Wildman–Crippen LogP) is 11.0. The monoisotopic (exact) mass is 616 g/mol. The van der Waals surface area contributed by atoms with Crippen LogP contribution in [0.4, 0.5) is 39.5 Å². The van der Waals surface area contributed by atoms with Crippen molar-refractivity contribution in [1.82, 2.24) is 0 Å². The molecule has 1 aromatic carbocycles. The number of benzene rings is 1. The third kappa shape index (κ3) is 8.57. The van der Waals surface area contributed by atoms with E-state index >= 15 is 8.78 Å². The molecule has 0 aromatic heterocycles. The molecule has 3 aliphatic carbocycles. The van der Waals surface area contributed by atoms with Gasteiger partial charge in [0.15, 0.2) is 0 Å². The Balaban J connectivity index is 1.25. The third-order valence-electron chi connectivity index (χ3n) is 9.84. The first-order valence-corrected chi connectivity index (χ1v) is 15.4. The van der Waals surface area contributed by atoms with Crippen molar-refractivity contribution in [2.75, 3.05) is 0 Å². The van der Waals surface area contributed by atoms with Gasteiger partial charge in [0.25, 0.3) is 0 Å². The van der Waals surface area contributed by atoms with Crippen LogP contribution in [0.2, 0.25) is 0 Å². The summed E-state index contributed by atoms with van der Waals surface area (Å²) < 4.78 is 131. The topological polar surface area (TPSA) is 18.5 Å². The van der Waals surface area contributed by atoms with Crippen LogP contribution >= 0.6 is 0 Å². The van der Waals surface area contributed by atoms with Gasteiger partial charge in [0.05, 0.1) is 12.0 Å². The Hall–Kier alpha value is -1.49. The summed E-state index contributed by atoms with van der Waals surface area (Å²) in [5, 5.41) is 0. The van der Waals surface area contributed by atoms with Crippen molar-refractivity contribution >= 4 is 0 Å². The summed E-state index contributed by atoms with van der Waals surface area (Å²) in [5.41, 5.74) is -2.16. The van der Waals surface area contributed by atoms with E-state index in [-0.39, 0.29) is 31.2 Å². The SMILES string of the molecule is CCCCC1CCC(C2CCC(C(F)(F)OC3CCC(c4cc(F)c(C(F)(F)OC(F)(F)F)c(F)c4)CC3)CC2)CC1. The Bertz CT molecular complexity index is 981. The molecule has 42 heavy (non-hydrogen) atoms. The maximum Gasteiger partial charge on any atom is 0.527 e. The molecule has 0 aliphatic heterocycles. The molecule has 0 heterocycles. The van der Waals surface area contributed by atoms with Gasteiger partial charge in [0, 0.05) is 0 Å². The molecule has 0 atom stereocenters. The molecule has 0 bridgehead atoms. The Kier molecular flexibility index (Phi) is 10.9. The highest BCUT2D eigenvalue weighted by Gasteiger charge is 2.50. The molecule has 2 nitrogen and oxygen atoms in total. The summed E-state index contributed by atoms with van der Waals surface area (Å²) in [6.45, 7) is 2.21. The first kappa shape index (κ1) is 33.4. The van der Waals surface area contributed by atoms with Crippen molar-refractivity contribution in [2.45, 2.75) is 134 Å². The minimum Gasteiger partial charge on any atom is -0.317 e. The van der Waals surface area contributed by atoms with Crippen LogP contribution in [0.25, 0.3) is 0 Å². The van der Waals surface area contributed by atoms with Gasteiger partial charge in [-0.2, -0.15) is 17.6 Å². The van der Waals surface area contributed by atoms with Gasteiger partial charge in [-0.1, -0.05) is 39.0 Å². The van der Waals surface area contributed by atoms with E-state index in [1.807, 2.05) is 0 Å². The summed E-state index contributed by atoms with van der Waals surface area (Å²) in [5.74, 6) is -3.21. The maximum absolute atomic E-state index is 15.1. The van der Waals surface area contributed by atoms with Crippen LogP contribution < -0.4 is 0 Å². The molecule has 3 fully saturated rings. The standard InChI is InChI=1S/C31H41F9O2/c1-2-3-4-19-5-7-20(8-6-19)21-9-13-24(14-10-21)29(34,35)41-25-15-11-22(12-16-25)23-17-26(32)28(27(33)18-23)30(36,37)42-31(38,39)40/h17-22,24-25H,2-16H2,1H3. The minimum absolute atomic E-state index is 0.0283. The quantitative estimate of drug-likeness (QED) is 0.244. The van der Waals surface area contributed by atoms with Crippen LogP contribution in [0.15, 0.2) is 12.1 Å². The highest BCUT2D eigenvalue weighted by Crippen LogP contribution is 2.47. The molecular formula is C31H41F9O2. The number of unbranched alkanes of at least 4 members (excludes halogenated alkanes) is 1. The van der Waals surface area contributed by atoms with Gasteiger partial charge in [-0.25, -0.2) is 13.5 Å². The summed E-state index contributed by atoms with van der Waals surface area (Å²) in [4.78, 5) is 0. The van der Waals surface area contributed by atoms with E-state index in [0.717, 1.165) is 18.8 Å². The fraction of sp³-hybridized carbons (Fsp3) is 0.806. The van der Waals surface area contributed by atoms with Crippen molar-refractivity contribution in [3.8, 4) is 0 Å². The average molecular weight is 617 g/mol. The Labute approximate surface area is 241 Å². The highest BCUT2D eigenvalue weighted by molar-refractivity contribution is 5.31. The number of ether oxygens (including phenoxy) is 2. The van der Waals surface area contributed by atoms with E-state index in [4.69, 9.17) is 4.74 Å². The Morgan fingerprint density at radius 3 is 1.74 bits per heavy atom. The van der Waals surface area contributed by atoms with Crippen LogP contribution in [0, 0.1) is 35.3 Å². The average Bonchev–Trinajstić information content (AvgIpc) is 2.90. The van der Waals surface area contributed by atoms with Crippen molar-refractivity contribution in [3.63, 3.8) is 0 Å². The van der Waals surface area contributed by atoms with Crippen LogP contribution in [0.3, 0.4) is 0 Å². The molecule has 0 N–H and O–H groups in total. The fourth-order valence-electron chi connectivity index (χ4n) is 7.50. The van der Waals surface area contributed by atoms with Crippen LogP contribution in [-0.4, -0.2) is 18.6 Å². The first-order valence-electron chi connectivity index (χ1n) is 15.4. The molecule has 1 aromatic rings. The molecular weight excluding hydrogens is 575 g/mol. The van der Waals surface area contributed by atoms with Gasteiger partial charge in [-0.3, -0.25) is 0 Å². The number of halogens is 9. The van der Waals surface area contributed by atoms with Gasteiger partial charge < -0.3 is 4.74 Å². The van der Waals surface area contributed by atoms with Crippen molar-refractivity contribution in [3.05, 3.63) is 34.9 Å². The number of rotatable bonds is 10. The molecule has 11 heteroatoms. The lowest BCUT2D eigenvalue weighted by atomic mass is 9.68. The van der Waals surface area contributed by atoms with Gasteiger partial charge >= 0.3 is 18.6 Å². The Morgan fingerprint density at radius 2 is 1.24 bits per heavy atom. The normalized spacial score (nSPS) is 30.0.